The standard InChI is InChI=1S/C14H29N3O/c1-4-7-12(3)16-14(18)11-17(5-2)10-13-8-6-9-15-13/h12-13,15H,4-11H2,1-3H3,(H,16,18). The van der Waals surface area contributed by atoms with Crippen molar-refractivity contribution in [2.45, 2.75) is 58.5 Å². The topological polar surface area (TPSA) is 44.4 Å². The van der Waals surface area contributed by atoms with Gasteiger partial charge in [0.05, 0.1) is 6.54 Å². The zero-order valence-electron chi connectivity index (χ0n) is 12.2. The first kappa shape index (κ1) is 15.4. The number of nitrogens with zero attached hydrogens (tertiary/aromatic N) is 1. The third kappa shape index (κ3) is 5.83. The van der Waals surface area contributed by atoms with Crippen LogP contribution in [0.5, 0.6) is 0 Å². The van der Waals surface area contributed by atoms with Crippen LogP contribution in [0.3, 0.4) is 0 Å². The second-order valence-corrected chi connectivity index (χ2v) is 5.38. The van der Waals surface area contributed by atoms with Crippen molar-refractivity contribution in [1.82, 2.24) is 15.5 Å². The van der Waals surface area contributed by atoms with E-state index in [1.54, 1.807) is 0 Å². The number of likely N-dealkylation sites (N-methyl/N-ethyl adjacent to an activating group) is 1. The molecule has 0 aliphatic carbocycles. The first-order valence-electron chi connectivity index (χ1n) is 7.40. The summed E-state index contributed by atoms with van der Waals surface area (Å²) in [6.07, 6.45) is 4.68. The van der Waals surface area contributed by atoms with E-state index >= 15 is 0 Å². The van der Waals surface area contributed by atoms with Crippen molar-refractivity contribution in [3.8, 4) is 0 Å². The molecule has 1 saturated heterocycles. The molecule has 0 saturated carbocycles. The molecule has 4 nitrogen and oxygen atoms in total. The first-order valence-corrected chi connectivity index (χ1v) is 7.40. The fourth-order valence-electron chi connectivity index (χ4n) is 2.56. The number of nitrogens with one attached hydrogen (secondary N) is 2. The van der Waals surface area contributed by atoms with Gasteiger partial charge in [-0.3, -0.25) is 9.69 Å². The number of rotatable bonds is 8. The van der Waals surface area contributed by atoms with Crippen molar-refractivity contribution in [2.75, 3.05) is 26.2 Å². The minimum Gasteiger partial charge on any atom is -0.353 e. The Labute approximate surface area is 111 Å². The molecule has 4 heteroatoms. The highest BCUT2D eigenvalue weighted by Crippen LogP contribution is 2.06. The quantitative estimate of drug-likeness (QED) is 0.688. The molecule has 1 amide bonds. The average molecular weight is 255 g/mol. The first-order chi connectivity index (χ1) is 8.65. The van der Waals surface area contributed by atoms with Gasteiger partial charge in [-0.15, -0.1) is 0 Å². The summed E-state index contributed by atoms with van der Waals surface area (Å²) < 4.78 is 0. The second kappa shape index (κ2) is 8.48. The highest BCUT2D eigenvalue weighted by Gasteiger charge is 2.18. The van der Waals surface area contributed by atoms with E-state index in [2.05, 4.69) is 36.3 Å². The van der Waals surface area contributed by atoms with E-state index in [0.717, 1.165) is 32.5 Å². The van der Waals surface area contributed by atoms with E-state index in [4.69, 9.17) is 0 Å². The molecule has 1 aliphatic rings. The SMILES string of the molecule is CCCC(C)NC(=O)CN(CC)CC1CCCN1. The van der Waals surface area contributed by atoms with Gasteiger partial charge in [-0.05, 0) is 39.3 Å². The Hall–Kier alpha value is -0.610. The summed E-state index contributed by atoms with van der Waals surface area (Å²) in [5, 5.41) is 6.55. The van der Waals surface area contributed by atoms with Crippen molar-refractivity contribution < 1.29 is 4.79 Å². The van der Waals surface area contributed by atoms with Gasteiger partial charge in [-0.25, -0.2) is 0 Å². The van der Waals surface area contributed by atoms with Gasteiger partial charge in [0.2, 0.25) is 5.91 Å². The van der Waals surface area contributed by atoms with Crippen LogP contribution in [0.15, 0.2) is 0 Å². The normalized spacial score (nSPS) is 21.2. The number of carbonyl (C=O) groups excluding carboxylic acids is 1. The van der Waals surface area contributed by atoms with E-state index in [1.807, 2.05) is 0 Å². The lowest BCUT2D eigenvalue weighted by atomic mass is 10.2. The van der Waals surface area contributed by atoms with Crippen molar-refractivity contribution in [2.24, 2.45) is 0 Å². The maximum Gasteiger partial charge on any atom is 0.234 e. The number of amides is 1. The lowest BCUT2D eigenvalue weighted by molar-refractivity contribution is -0.122. The van der Waals surface area contributed by atoms with E-state index in [1.165, 1.54) is 12.8 Å². The van der Waals surface area contributed by atoms with Crippen molar-refractivity contribution in [3.63, 3.8) is 0 Å². The van der Waals surface area contributed by atoms with Crippen LogP contribution in [-0.4, -0.2) is 49.1 Å². The van der Waals surface area contributed by atoms with E-state index in [9.17, 15) is 4.79 Å². The molecule has 1 rings (SSSR count). The Balaban J connectivity index is 2.25. The predicted octanol–water partition coefficient (Wildman–Crippen LogP) is 1.37. The molecule has 0 bridgehead atoms. The van der Waals surface area contributed by atoms with Crippen LogP contribution in [0.4, 0.5) is 0 Å². The fraction of sp³-hybridized carbons (Fsp3) is 0.929. The molecule has 0 aromatic carbocycles. The molecule has 18 heavy (non-hydrogen) atoms. The van der Waals surface area contributed by atoms with Gasteiger partial charge in [0.15, 0.2) is 0 Å². The van der Waals surface area contributed by atoms with E-state index in [0.29, 0.717) is 18.6 Å². The molecule has 0 spiro atoms. The Morgan fingerprint density at radius 3 is 2.83 bits per heavy atom. The molecular formula is C14H29N3O. The molecule has 106 valence electrons. The number of carbonyl (C=O) groups is 1. The van der Waals surface area contributed by atoms with Crippen LogP contribution in [0.25, 0.3) is 0 Å². The minimum absolute atomic E-state index is 0.163. The van der Waals surface area contributed by atoms with Crippen molar-refractivity contribution in [3.05, 3.63) is 0 Å². The van der Waals surface area contributed by atoms with Crippen LogP contribution in [0.1, 0.15) is 46.5 Å². The minimum atomic E-state index is 0.163. The van der Waals surface area contributed by atoms with Gasteiger partial charge in [-0.1, -0.05) is 20.3 Å². The Bertz CT molecular complexity index is 239. The van der Waals surface area contributed by atoms with Crippen LogP contribution in [-0.2, 0) is 4.79 Å². The molecule has 1 fully saturated rings. The third-order valence-electron chi connectivity index (χ3n) is 3.58. The Morgan fingerprint density at radius 2 is 2.28 bits per heavy atom. The van der Waals surface area contributed by atoms with Crippen molar-refractivity contribution in [1.29, 1.82) is 0 Å². The average Bonchev–Trinajstić information content (AvgIpc) is 2.81. The summed E-state index contributed by atoms with van der Waals surface area (Å²) in [6, 6.07) is 0.872. The van der Waals surface area contributed by atoms with Gasteiger partial charge in [0, 0.05) is 18.6 Å². The van der Waals surface area contributed by atoms with Gasteiger partial charge in [0.1, 0.15) is 0 Å². The molecule has 2 unspecified atom stereocenters. The summed E-state index contributed by atoms with van der Waals surface area (Å²) in [4.78, 5) is 14.1. The lowest BCUT2D eigenvalue weighted by Crippen LogP contribution is -2.44. The molecule has 0 aromatic rings. The predicted molar refractivity (Wildman–Crippen MR) is 75.7 cm³/mol. The summed E-state index contributed by atoms with van der Waals surface area (Å²) in [5.41, 5.74) is 0. The smallest absolute Gasteiger partial charge is 0.234 e. The third-order valence-corrected chi connectivity index (χ3v) is 3.58. The van der Waals surface area contributed by atoms with Crippen LogP contribution < -0.4 is 10.6 Å². The Morgan fingerprint density at radius 1 is 1.50 bits per heavy atom. The summed E-state index contributed by atoms with van der Waals surface area (Å²) in [7, 11) is 0. The summed E-state index contributed by atoms with van der Waals surface area (Å²) >= 11 is 0. The Kier molecular flexibility index (Phi) is 7.28. The van der Waals surface area contributed by atoms with Gasteiger partial charge in [-0.2, -0.15) is 0 Å². The van der Waals surface area contributed by atoms with Crippen LogP contribution >= 0.6 is 0 Å². The zero-order chi connectivity index (χ0) is 13.4. The second-order valence-electron chi connectivity index (χ2n) is 5.38. The van der Waals surface area contributed by atoms with E-state index < -0.39 is 0 Å². The van der Waals surface area contributed by atoms with Crippen LogP contribution in [0.2, 0.25) is 0 Å². The highest BCUT2D eigenvalue weighted by molar-refractivity contribution is 5.78. The molecule has 1 aliphatic heterocycles. The van der Waals surface area contributed by atoms with Crippen LogP contribution in [0, 0.1) is 0 Å². The van der Waals surface area contributed by atoms with Gasteiger partial charge >= 0.3 is 0 Å². The maximum atomic E-state index is 11.9. The van der Waals surface area contributed by atoms with Gasteiger partial charge in [0.25, 0.3) is 0 Å². The van der Waals surface area contributed by atoms with Gasteiger partial charge < -0.3 is 10.6 Å². The molecule has 1 heterocycles. The largest absolute Gasteiger partial charge is 0.353 e. The van der Waals surface area contributed by atoms with E-state index in [-0.39, 0.29) is 5.91 Å². The summed E-state index contributed by atoms with van der Waals surface area (Å²) in [5.74, 6) is 0.163. The summed E-state index contributed by atoms with van der Waals surface area (Å²) in [6.45, 7) is 9.94. The molecular weight excluding hydrogens is 226 g/mol. The lowest BCUT2D eigenvalue weighted by Gasteiger charge is -2.24. The molecule has 2 N–H and O–H groups in total. The highest BCUT2D eigenvalue weighted by atomic mass is 16.2. The monoisotopic (exact) mass is 255 g/mol. The van der Waals surface area contributed by atoms with Crippen molar-refractivity contribution >= 4 is 5.91 Å². The maximum absolute atomic E-state index is 11.9. The number of hydrogen-bond donors (Lipinski definition) is 2. The molecule has 2 atom stereocenters. The number of hydrogen-bond acceptors (Lipinski definition) is 3. The molecule has 0 aromatic heterocycles. The molecule has 0 radical (unpaired) electrons. The zero-order valence-corrected chi connectivity index (χ0v) is 12.2. The fourth-order valence-corrected chi connectivity index (χ4v) is 2.56.